The second-order valence-corrected chi connectivity index (χ2v) is 6.58. The van der Waals surface area contributed by atoms with Crippen LogP contribution in [0.1, 0.15) is 22.8 Å². The zero-order valence-electron chi connectivity index (χ0n) is 14.8. The molecule has 0 saturated heterocycles. The molecule has 0 amide bonds. The molecule has 2 aromatic carbocycles. The van der Waals surface area contributed by atoms with Gasteiger partial charge in [-0.1, -0.05) is 29.8 Å². The predicted molar refractivity (Wildman–Crippen MR) is 108 cm³/mol. The van der Waals surface area contributed by atoms with E-state index in [4.69, 9.17) is 33.3 Å². The number of hydrogen-bond acceptors (Lipinski definition) is 4. The van der Waals surface area contributed by atoms with Crippen LogP contribution in [-0.2, 0) is 4.74 Å². The van der Waals surface area contributed by atoms with E-state index >= 15 is 0 Å². The number of thiocarbonyl (C=S) groups is 1. The Balaban J connectivity index is 1.91. The van der Waals surface area contributed by atoms with Gasteiger partial charge in [0.15, 0.2) is 5.11 Å². The first-order valence-electron chi connectivity index (χ1n) is 8.04. The highest BCUT2D eigenvalue weighted by atomic mass is 35.5. The maximum Gasteiger partial charge on any atom is 0.337 e. The first-order valence-corrected chi connectivity index (χ1v) is 8.83. The quantitative estimate of drug-likeness (QED) is 0.567. The third kappa shape index (κ3) is 5.61. The number of hydrogen-bond donors (Lipinski definition) is 2. The molecule has 0 spiro atoms. The minimum atomic E-state index is -0.441. The molecule has 138 valence electrons. The number of nitrogens with one attached hydrogen (secondary N) is 2. The van der Waals surface area contributed by atoms with Crippen molar-refractivity contribution >= 4 is 40.6 Å². The number of carbonyl (C=O) groups is 1. The Morgan fingerprint density at radius 3 is 2.69 bits per heavy atom. The normalized spacial score (nSPS) is 11.4. The standard InChI is InChI=1S/C19H21ClN2O3S/c1-12-6-4-5-7-17(12)25-11-13(2)21-19(26)22-16-10-14(18(23)24-3)8-9-15(16)20/h4-10,13H,11H2,1-3H3,(H2,21,22,26). The number of carbonyl (C=O) groups excluding carboxylic acids is 1. The van der Waals surface area contributed by atoms with Gasteiger partial charge in [0.05, 0.1) is 29.4 Å². The van der Waals surface area contributed by atoms with Crippen molar-refractivity contribution in [1.82, 2.24) is 5.32 Å². The lowest BCUT2D eigenvalue weighted by atomic mass is 10.2. The van der Waals surface area contributed by atoms with E-state index in [0.717, 1.165) is 11.3 Å². The first kappa shape index (κ1) is 20.0. The lowest BCUT2D eigenvalue weighted by molar-refractivity contribution is 0.0601. The fourth-order valence-electron chi connectivity index (χ4n) is 2.22. The molecule has 0 fully saturated rings. The number of aryl methyl sites for hydroxylation is 1. The van der Waals surface area contributed by atoms with Crippen LogP contribution in [-0.4, -0.2) is 30.8 Å². The molecular weight excluding hydrogens is 372 g/mol. The summed E-state index contributed by atoms with van der Waals surface area (Å²) in [5.41, 5.74) is 1.99. The average molecular weight is 393 g/mol. The number of benzene rings is 2. The van der Waals surface area contributed by atoms with Gasteiger partial charge in [-0.25, -0.2) is 4.79 Å². The van der Waals surface area contributed by atoms with Crippen molar-refractivity contribution in [3.63, 3.8) is 0 Å². The summed E-state index contributed by atoms with van der Waals surface area (Å²) in [5.74, 6) is 0.400. The van der Waals surface area contributed by atoms with Gasteiger partial charge in [-0.2, -0.15) is 0 Å². The van der Waals surface area contributed by atoms with Crippen LogP contribution in [0.2, 0.25) is 5.02 Å². The molecule has 7 heteroatoms. The van der Waals surface area contributed by atoms with E-state index in [1.165, 1.54) is 7.11 Å². The second-order valence-electron chi connectivity index (χ2n) is 5.76. The van der Waals surface area contributed by atoms with E-state index in [1.54, 1.807) is 18.2 Å². The molecule has 2 aromatic rings. The van der Waals surface area contributed by atoms with Crippen LogP contribution in [0.25, 0.3) is 0 Å². The maximum absolute atomic E-state index is 11.6. The van der Waals surface area contributed by atoms with Crippen LogP contribution in [0, 0.1) is 6.92 Å². The van der Waals surface area contributed by atoms with E-state index in [2.05, 4.69) is 10.6 Å². The fourth-order valence-corrected chi connectivity index (χ4v) is 2.70. The molecule has 0 radical (unpaired) electrons. The van der Waals surface area contributed by atoms with Crippen LogP contribution in [0.3, 0.4) is 0 Å². The Kier molecular flexibility index (Phi) is 7.24. The molecule has 0 aliphatic heterocycles. The summed E-state index contributed by atoms with van der Waals surface area (Å²) in [5, 5.41) is 6.96. The zero-order chi connectivity index (χ0) is 19.1. The highest BCUT2D eigenvalue weighted by Crippen LogP contribution is 2.23. The van der Waals surface area contributed by atoms with E-state index < -0.39 is 5.97 Å². The number of methoxy groups -OCH3 is 1. The largest absolute Gasteiger partial charge is 0.491 e. The van der Waals surface area contributed by atoms with Crippen LogP contribution >= 0.6 is 23.8 Å². The van der Waals surface area contributed by atoms with Crippen molar-refractivity contribution in [2.45, 2.75) is 19.9 Å². The fraction of sp³-hybridized carbons (Fsp3) is 0.263. The number of rotatable bonds is 6. The van der Waals surface area contributed by atoms with E-state index in [0.29, 0.717) is 28.0 Å². The van der Waals surface area contributed by atoms with Crippen LogP contribution < -0.4 is 15.4 Å². The van der Waals surface area contributed by atoms with Gasteiger partial charge in [0, 0.05) is 0 Å². The summed E-state index contributed by atoms with van der Waals surface area (Å²) in [7, 11) is 1.33. The number of para-hydroxylation sites is 1. The first-order chi connectivity index (χ1) is 12.4. The molecular formula is C19H21ClN2O3S. The lowest BCUT2D eigenvalue weighted by Crippen LogP contribution is -2.39. The number of esters is 1. The van der Waals surface area contributed by atoms with Gasteiger partial charge in [0.25, 0.3) is 0 Å². The van der Waals surface area contributed by atoms with Gasteiger partial charge in [0.1, 0.15) is 12.4 Å². The Bertz CT molecular complexity index is 798. The van der Waals surface area contributed by atoms with Gasteiger partial charge < -0.3 is 20.1 Å². The molecule has 2 N–H and O–H groups in total. The van der Waals surface area contributed by atoms with Gasteiger partial charge in [-0.3, -0.25) is 0 Å². The molecule has 5 nitrogen and oxygen atoms in total. The highest BCUT2D eigenvalue weighted by molar-refractivity contribution is 7.80. The van der Waals surface area contributed by atoms with Gasteiger partial charge >= 0.3 is 5.97 Å². The van der Waals surface area contributed by atoms with Crippen molar-refractivity contribution in [2.75, 3.05) is 19.0 Å². The Morgan fingerprint density at radius 2 is 2.00 bits per heavy atom. The minimum absolute atomic E-state index is 0.0304. The molecule has 0 aliphatic rings. The summed E-state index contributed by atoms with van der Waals surface area (Å²) in [4.78, 5) is 11.6. The molecule has 26 heavy (non-hydrogen) atoms. The van der Waals surface area contributed by atoms with E-state index in [9.17, 15) is 4.79 Å². The van der Waals surface area contributed by atoms with Crippen molar-refractivity contribution in [2.24, 2.45) is 0 Å². The number of ether oxygens (including phenoxy) is 2. The third-order valence-electron chi connectivity index (χ3n) is 3.60. The van der Waals surface area contributed by atoms with Gasteiger partial charge in [-0.15, -0.1) is 0 Å². The Hall–Kier alpha value is -2.31. The smallest absolute Gasteiger partial charge is 0.337 e. The predicted octanol–water partition coefficient (Wildman–Crippen LogP) is 4.19. The van der Waals surface area contributed by atoms with Crippen molar-refractivity contribution < 1.29 is 14.3 Å². The van der Waals surface area contributed by atoms with Crippen LogP contribution in [0.5, 0.6) is 5.75 Å². The summed E-state index contributed by atoms with van der Waals surface area (Å²) in [6.07, 6.45) is 0. The second kappa shape index (κ2) is 9.40. The summed E-state index contributed by atoms with van der Waals surface area (Å²) in [6.45, 7) is 4.40. The van der Waals surface area contributed by atoms with Gasteiger partial charge in [0.2, 0.25) is 0 Å². The average Bonchev–Trinajstić information content (AvgIpc) is 2.62. The molecule has 0 aliphatic carbocycles. The molecule has 1 atom stereocenters. The number of halogens is 1. The zero-order valence-corrected chi connectivity index (χ0v) is 16.4. The molecule has 0 bridgehead atoms. The molecule has 0 saturated carbocycles. The summed E-state index contributed by atoms with van der Waals surface area (Å²) in [6, 6.07) is 12.6. The van der Waals surface area contributed by atoms with E-state index in [1.807, 2.05) is 38.1 Å². The monoisotopic (exact) mass is 392 g/mol. The summed E-state index contributed by atoms with van der Waals surface area (Å²) >= 11 is 11.5. The van der Waals surface area contributed by atoms with Crippen molar-refractivity contribution in [3.05, 3.63) is 58.6 Å². The van der Waals surface area contributed by atoms with Crippen molar-refractivity contribution in [1.29, 1.82) is 0 Å². The van der Waals surface area contributed by atoms with Crippen molar-refractivity contribution in [3.8, 4) is 5.75 Å². The minimum Gasteiger partial charge on any atom is -0.491 e. The molecule has 2 rings (SSSR count). The highest BCUT2D eigenvalue weighted by Gasteiger charge is 2.11. The molecule has 1 unspecified atom stereocenters. The summed E-state index contributed by atoms with van der Waals surface area (Å²) < 4.78 is 10.5. The number of anilines is 1. The third-order valence-corrected chi connectivity index (χ3v) is 4.15. The maximum atomic E-state index is 11.6. The lowest BCUT2D eigenvalue weighted by Gasteiger charge is -2.19. The Labute approximate surface area is 163 Å². The molecule has 0 aromatic heterocycles. The van der Waals surface area contributed by atoms with Gasteiger partial charge in [-0.05, 0) is 55.9 Å². The SMILES string of the molecule is COC(=O)c1ccc(Cl)c(NC(=S)NC(C)COc2ccccc2C)c1. The van der Waals surface area contributed by atoms with E-state index in [-0.39, 0.29) is 6.04 Å². The van der Waals surface area contributed by atoms with Crippen LogP contribution in [0.4, 0.5) is 5.69 Å². The van der Waals surface area contributed by atoms with Crippen LogP contribution in [0.15, 0.2) is 42.5 Å². The Morgan fingerprint density at radius 1 is 1.27 bits per heavy atom. The molecule has 0 heterocycles. The topological polar surface area (TPSA) is 59.6 Å².